The number of Topliss-reactive ketones (excluding diaryl/α,β-unsaturated/α-hetero) is 1. The van der Waals surface area contributed by atoms with Crippen LogP contribution in [0, 0.1) is 0 Å². The Balaban J connectivity index is 2.13. The van der Waals surface area contributed by atoms with Crippen molar-refractivity contribution in [3.05, 3.63) is 64.2 Å². The molecular weight excluding hydrogens is 434 g/mol. The Labute approximate surface area is 192 Å². The molecule has 8 heteroatoms. The zero-order valence-corrected chi connectivity index (χ0v) is 19.0. The number of aliphatic hydroxyl groups is 1. The molecule has 0 aliphatic carbocycles. The summed E-state index contributed by atoms with van der Waals surface area (Å²) in [5.41, 5.74) is 0.870. The van der Waals surface area contributed by atoms with Gasteiger partial charge in [0, 0.05) is 25.8 Å². The molecule has 1 aliphatic heterocycles. The normalized spacial score (nSPS) is 17.6. The van der Waals surface area contributed by atoms with E-state index in [2.05, 4.69) is 0 Å². The number of carbonyl (C=O) groups is 2. The second-order valence-corrected chi connectivity index (χ2v) is 7.59. The van der Waals surface area contributed by atoms with E-state index < -0.39 is 17.7 Å². The van der Waals surface area contributed by atoms with Crippen LogP contribution in [0.15, 0.2) is 48.0 Å². The summed E-state index contributed by atoms with van der Waals surface area (Å²) < 4.78 is 15.8. The molecule has 1 N–H and O–H groups in total. The summed E-state index contributed by atoms with van der Waals surface area (Å²) in [6, 6.07) is 11.1. The number of aliphatic hydroxyl groups excluding tert-OH is 1. The van der Waals surface area contributed by atoms with E-state index in [1.165, 1.54) is 18.1 Å². The topological polar surface area (TPSA) is 85.3 Å². The van der Waals surface area contributed by atoms with Crippen molar-refractivity contribution in [3.63, 3.8) is 0 Å². The quantitative estimate of drug-likeness (QED) is 0.262. The fraction of sp³-hybridized carbons (Fsp3) is 0.333. The van der Waals surface area contributed by atoms with Gasteiger partial charge >= 0.3 is 0 Å². The Morgan fingerprint density at radius 1 is 1.09 bits per heavy atom. The number of halogens is 1. The highest BCUT2D eigenvalue weighted by molar-refractivity contribution is 6.47. The number of ether oxygens (including phenoxy) is 3. The number of methoxy groups -OCH3 is 2. The Kier molecular flexibility index (Phi) is 7.77. The van der Waals surface area contributed by atoms with Gasteiger partial charge in [-0.2, -0.15) is 0 Å². The molecule has 1 atom stereocenters. The third-order valence-electron chi connectivity index (χ3n) is 5.22. The van der Waals surface area contributed by atoms with Crippen molar-refractivity contribution in [2.45, 2.75) is 19.4 Å². The van der Waals surface area contributed by atoms with E-state index in [9.17, 15) is 14.7 Å². The summed E-state index contributed by atoms with van der Waals surface area (Å²) in [7, 11) is 3.06. The van der Waals surface area contributed by atoms with Crippen molar-refractivity contribution in [2.24, 2.45) is 0 Å². The lowest BCUT2D eigenvalue weighted by atomic mass is 9.95. The first-order valence-electron chi connectivity index (χ1n) is 10.3. The zero-order valence-electron chi connectivity index (χ0n) is 18.3. The maximum Gasteiger partial charge on any atom is 0.295 e. The van der Waals surface area contributed by atoms with Crippen LogP contribution >= 0.6 is 11.6 Å². The Hall–Kier alpha value is -3.03. The SMILES string of the molecule is CCOc1ccc(C2/C(=C(\O)c3cc(OC)ccc3Cl)C(=O)C(=O)N2CCCOC)cc1. The van der Waals surface area contributed by atoms with E-state index in [1.807, 2.05) is 6.92 Å². The maximum atomic E-state index is 13.0. The number of amides is 1. The first kappa shape index (κ1) is 23.6. The van der Waals surface area contributed by atoms with Crippen LogP contribution < -0.4 is 9.47 Å². The molecule has 1 amide bonds. The van der Waals surface area contributed by atoms with Crippen LogP contribution in [0.1, 0.15) is 30.5 Å². The number of rotatable bonds is 9. The summed E-state index contributed by atoms with van der Waals surface area (Å²) in [4.78, 5) is 27.4. The van der Waals surface area contributed by atoms with E-state index in [-0.39, 0.29) is 21.9 Å². The Morgan fingerprint density at radius 3 is 2.41 bits per heavy atom. The molecule has 0 aromatic heterocycles. The molecule has 170 valence electrons. The fourth-order valence-electron chi connectivity index (χ4n) is 3.71. The summed E-state index contributed by atoms with van der Waals surface area (Å²) in [6.07, 6.45) is 0.539. The van der Waals surface area contributed by atoms with E-state index in [0.29, 0.717) is 43.2 Å². The van der Waals surface area contributed by atoms with Crippen LogP contribution in [0.5, 0.6) is 11.5 Å². The number of likely N-dealkylation sites (tertiary alicyclic amines) is 1. The van der Waals surface area contributed by atoms with Gasteiger partial charge in [0.1, 0.15) is 17.3 Å². The smallest absolute Gasteiger partial charge is 0.295 e. The molecular formula is C24H26ClNO6. The van der Waals surface area contributed by atoms with Gasteiger partial charge in [-0.1, -0.05) is 23.7 Å². The van der Waals surface area contributed by atoms with Crippen molar-refractivity contribution in [2.75, 3.05) is 34.0 Å². The van der Waals surface area contributed by atoms with Gasteiger partial charge in [0.2, 0.25) is 0 Å². The summed E-state index contributed by atoms with van der Waals surface area (Å²) >= 11 is 6.31. The molecule has 1 aliphatic rings. The van der Waals surface area contributed by atoms with Gasteiger partial charge in [0.25, 0.3) is 11.7 Å². The highest BCUT2D eigenvalue weighted by Crippen LogP contribution is 2.41. The van der Waals surface area contributed by atoms with Gasteiger partial charge in [0.15, 0.2) is 0 Å². The Bertz CT molecular complexity index is 1020. The molecule has 2 aromatic rings. The van der Waals surface area contributed by atoms with Crippen LogP contribution in [-0.4, -0.2) is 55.7 Å². The average molecular weight is 460 g/mol. The highest BCUT2D eigenvalue weighted by atomic mass is 35.5. The van der Waals surface area contributed by atoms with Crippen molar-refractivity contribution >= 4 is 29.1 Å². The molecule has 32 heavy (non-hydrogen) atoms. The number of nitrogens with zero attached hydrogens (tertiary/aromatic N) is 1. The van der Waals surface area contributed by atoms with E-state index >= 15 is 0 Å². The van der Waals surface area contributed by atoms with Gasteiger partial charge < -0.3 is 24.2 Å². The lowest BCUT2D eigenvalue weighted by Crippen LogP contribution is -2.31. The second-order valence-electron chi connectivity index (χ2n) is 7.19. The minimum Gasteiger partial charge on any atom is -0.507 e. The van der Waals surface area contributed by atoms with Gasteiger partial charge in [-0.25, -0.2) is 0 Å². The largest absolute Gasteiger partial charge is 0.507 e. The van der Waals surface area contributed by atoms with Crippen LogP contribution in [-0.2, 0) is 14.3 Å². The predicted molar refractivity (Wildman–Crippen MR) is 121 cm³/mol. The number of benzene rings is 2. The Morgan fingerprint density at radius 2 is 1.78 bits per heavy atom. The fourth-order valence-corrected chi connectivity index (χ4v) is 3.91. The molecule has 1 unspecified atom stereocenters. The monoisotopic (exact) mass is 459 g/mol. The average Bonchev–Trinajstić information content (AvgIpc) is 3.05. The van der Waals surface area contributed by atoms with Crippen LogP contribution in [0.2, 0.25) is 5.02 Å². The summed E-state index contributed by atoms with van der Waals surface area (Å²) in [5.74, 6) is -0.662. The van der Waals surface area contributed by atoms with Gasteiger partial charge in [-0.3, -0.25) is 9.59 Å². The minimum absolute atomic E-state index is 0.0215. The molecule has 7 nitrogen and oxygen atoms in total. The van der Waals surface area contributed by atoms with Crippen LogP contribution in [0.4, 0.5) is 0 Å². The van der Waals surface area contributed by atoms with E-state index in [0.717, 1.165) is 0 Å². The molecule has 0 saturated carbocycles. The highest BCUT2D eigenvalue weighted by Gasteiger charge is 2.46. The van der Waals surface area contributed by atoms with Crippen molar-refractivity contribution in [3.8, 4) is 11.5 Å². The summed E-state index contributed by atoms with van der Waals surface area (Å²) in [6.45, 7) is 3.12. The van der Waals surface area contributed by atoms with Crippen molar-refractivity contribution in [1.82, 2.24) is 4.90 Å². The molecule has 1 heterocycles. The van der Waals surface area contributed by atoms with E-state index in [1.54, 1.807) is 43.5 Å². The second kappa shape index (κ2) is 10.5. The zero-order chi connectivity index (χ0) is 23.3. The number of hydrogen-bond acceptors (Lipinski definition) is 6. The lowest BCUT2D eigenvalue weighted by Gasteiger charge is -2.25. The standard InChI is InChI=1S/C24H26ClNO6/c1-4-32-16-8-6-15(7-9-16)21-20(23(28)24(29)26(21)12-5-13-30-2)22(27)18-14-17(31-3)10-11-19(18)25/h6-11,14,21,27H,4-5,12-13H2,1-3H3/b22-20+. The maximum absolute atomic E-state index is 13.0. The predicted octanol–water partition coefficient (Wildman–Crippen LogP) is 4.21. The first-order chi connectivity index (χ1) is 15.4. The molecule has 1 saturated heterocycles. The molecule has 1 fully saturated rings. The van der Waals surface area contributed by atoms with Crippen molar-refractivity contribution in [1.29, 1.82) is 0 Å². The lowest BCUT2D eigenvalue weighted by molar-refractivity contribution is -0.140. The number of ketones is 1. The third-order valence-corrected chi connectivity index (χ3v) is 5.55. The number of carbonyl (C=O) groups excluding carboxylic acids is 2. The van der Waals surface area contributed by atoms with Crippen LogP contribution in [0.25, 0.3) is 5.76 Å². The van der Waals surface area contributed by atoms with E-state index in [4.69, 9.17) is 25.8 Å². The van der Waals surface area contributed by atoms with Gasteiger partial charge in [0.05, 0.1) is 30.4 Å². The molecule has 2 aromatic carbocycles. The van der Waals surface area contributed by atoms with Crippen molar-refractivity contribution < 1.29 is 28.9 Å². The molecule has 0 bridgehead atoms. The first-order valence-corrected chi connectivity index (χ1v) is 10.6. The minimum atomic E-state index is -0.773. The van der Waals surface area contributed by atoms with Crippen LogP contribution in [0.3, 0.4) is 0 Å². The number of hydrogen-bond donors (Lipinski definition) is 1. The molecule has 0 spiro atoms. The molecule has 3 rings (SSSR count). The molecule has 0 radical (unpaired) electrons. The van der Waals surface area contributed by atoms with Gasteiger partial charge in [-0.15, -0.1) is 0 Å². The van der Waals surface area contributed by atoms with Gasteiger partial charge in [-0.05, 0) is 49.2 Å². The summed E-state index contributed by atoms with van der Waals surface area (Å²) in [5, 5.41) is 11.4. The third kappa shape index (κ3) is 4.74.